The van der Waals surface area contributed by atoms with Gasteiger partial charge in [0.25, 0.3) is 0 Å². The minimum Gasteiger partial charge on any atom is -0.497 e. The number of ether oxygens (including phenoxy) is 2. The van der Waals surface area contributed by atoms with Gasteiger partial charge in [0.15, 0.2) is 0 Å². The fraction of sp³-hybridized carbons (Fsp3) is 0.611. The van der Waals surface area contributed by atoms with Crippen LogP contribution in [0.25, 0.3) is 0 Å². The Morgan fingerprint density at radius 2 is 2.18 bits per heavy atom. The van der Waals surface area contributed by atoms with E-state index in [0.717, 1.165) is 43.8 Å². The number of piperidine rings is 1. The zero-order valence-corrected chi connectivity index (χ0v) is 13.9. The second-order valence-electron chi connectivity index (χ2n) is 6.00. The minimum absolute atomic E-state index is 0.0593. The molecule has 0 radical (unpaired) electrons. The Kier molecular flexibility index (Phi) is 5.83. The second-order valence-corrected chi connectivity index (χ2v) is 6.00. The summed E-state index contributed by atoms with van der Waals surface area (Å²) in [6.07, 6.45) is 2.63. The Morgan fingerprint density at radius 1 is 1.36 bits per heavy atom. The second kappa shape index (κ2) is 7.63. The van der Waals surface area contributed by atoms with E-state index in [1.54, 1.807) is 7.11 Å². The molecule has 1 fully saturated rings. The maximum Gasteiger partial charge on any atom is 0.313 e. The number of carbonyl (C=O) groups is 1. The summed E-state index contributed by atoms with van der Waals surface area (Å²) in [6, 6.07) is 7.99. The highest BCUT2D eigenvalue weighted by Crippen LogP contribution is 2.35. The summed E-state index contributed by atoms with van der Waals surface area (Å²) in [6.45, 7) is 7.27. The number of benzene rings is 1. The molecule has 1 atom stereocenters. The molecular formula is C18H27NO3. The van der Waals surface area contributed by atoms with Crippen LogP contribution < -0.4 is 4.74 Å². The fourth-order valence-electron chi connectivity index (χ4n) is 3.34. The van der Waals surface area contributed by atoms with Crippen molar-refractivity contribution in [1.82, 2.24) is 4.90 Å². The number of hydrogen-bond acceptors (Lipinski definition) is 4. The summed E-state index contributed by atoms with van der Waals surface area (Å²) in [7, 11) is 1.67. The van der Waals surface area contributed by atoms with E-state index in [0.29, 0.717) is 13.0 Å². The molecule has 1 saturated heterocycles. The monoisotopic (exact) mass is 305 g/mol. The zero-order valence-electron chi connectivity index (χ0n) is 13.9. The van der Waals surface area contributed by atoms with E-state index in [-0.39, 0.29) is 5.97 Å². The molecule has 4 nitrogen and oxygen atoms in total. The van der Waals surface area contributed by atoms with Crippen LogP contribution >= 0.6 is 0 Å². The largest absolute Gasteiger partial charge is 0.497 e. The molecule has 0 aromatic heterocycles. The van der Waals surface area contributed by atoms with E-state index in [1.165, 1.54) is 0 Å². The predicted octanol–water partition coefficient (Wildman–Crippen LogP) is 2.90. The van der Waals surface area contributed by atoms with E-state index < -0.39 is 5.41 Å². The lowest BCUT2D eigenvalue weighted by molar-refractivity contribution is -0.159. The van der Waals surface area contributed by atoms with Gasteiger partial charge >= 0.3 is 5.97 Å². The van der Waals surface area contributed by atoms with Crippen molar-refractivity contribution >= 4 is 5.97 Å². The molecule has 0 N–H and O–H groups in total. The molecule has 0 amide bonds. The normalized spacial score (nSPS) is 22.3. The van der Waals surface area contributed by atoms with E-state index in [9.17, 15) is 4.79 Å². The number of likely N-dealkylation sites (tertiary alicyclic amines) is 1. The first-order valence-corrected chi connectivity index (χ1v) is 8.16. The molecule has 2 rings (SSSR count). The number of rotatable bonds is 6. The van der Waals surface area contributed by atoms with Crippen LogP contribution in [0.4, 0.5) is 0 Å². The fourth-order valence-corrected chi connectivity index (χ4v) is 3.34. The van der Waals surface area contributed by atoms with Crippen LogP contribution in [-0.2, 0) is 16.0 Å². The Morgan fingerprint density at radius 3 is 2.86 bits per heavy atom. The summed E-state index contributed by atoms with van der Waals surface area (Å²) in [5, 5.41) is 0. The minimum atomic E-state index is -0.434. The Bertz CT molecular complexity index is 503. The molecule has 22 heavy (non-hydrogen) atoms. The molecule has 0 bridgehead atoms. The van der Waals surface area contributed by atoms with Crippen LogP contribution in [0.1, 0.15) is 32.3 Å². The van der Waals surface area contributed by atoms with Crippen LogP contribution in [0.3, 0.4) is 0 Å². The number of hydrogen-bond donors (Lipinski definition) is 0. The molecule has 1 heterocycles. The van der Waals surface area contributed by atoms with Crippen molar-refractivity contribution in [1.29, 1.82) is 0 Å². The molecular weight excluding hydrogens is 278 g/mol. The lowest BCUT2D eigenvalue weighted by Gasteiger charge is -2.40. The summed E-state index contributed by atoms with van der Waals surface area (Å²) < 4.78 is 10.7. The molecule has 1 aliphatic heterocycles. The third kappa shape index (κ3) is 3.80. The highest BCUT2D eigenvalue weighted by Gasteiger charge is 2.43. The van der Waals surface area contributed by atoms with Gasteiger partial charge in [0.05, 0.1) is 19.1 Å². The lowest BCUT2D eigenvalue weighted by Crippen LogP contribution is -2.49. The van der Waals surface area contributed by atoms with Crippen LogP contribution in [0.15, 0.2) is 24.3 Å². The van der Waals surface area contributed by atoms with Gasteiger partial charge < -0.3 is 14.4 Å². The number of esters is 1. The number of methoxy groups -OCH3 is 1. The first-order valence-electron chi connectivity index (χ1n) is 8.16. The summed E-state index contributed by atoms with van der Waals surface area (Å²) in [5.74, 6) is 0.774. The Hall–Kier alpha value is -1.55. The van der Waals surface area contributed by atoms with Crippen LogP contribution in [0.2, 0.25) is 0 Å². The van der Waals surface area contributed by atoms with E-state index in [1.807, 2.05) is 25.1 Å². The summed E-state index contributed by atoms with van der Waals surface area (Å²) in [4.78, 5) is 15.0. The number of carbonyl (C=O) groups excluding carboxylic acids is 1. The molecule has 0 aliphatic carbocycles. The van der Waals surface area contributed by atoms with Gasteiger partial charge in [0.1, 0.15) is 5.75 Å². The van der Waals surface area contributed by atoms with Crippen molar-refractivity contribution in [2.45, 2.75) is 33.1 Å². The molecule has 1 aliphatic rings. The first-order chi connectivity index (χ1) is 10.6. The van der Waals surface area contributed by atoms with Gasteiger partial charge in [-0.05, 0) is 57.0 Å². The summed E-state index contributed by atoms with van der Waals surface area (Å²) >= 11 is 0. The topological polar surface area (TPSA) is 38.8 Å². The molecule has 0 saturated carbocycles. The van der Waals surface area contributed by atoms with Gasteiger partial charge in [-0.2, -0.15) is 0 Å². The van der Waals surface area contributed by atoms with Crippen molar-refractivity contribution in [2.75, 3.05) is 33.4 Å². The first kappa shape index (κ1) is 16.8. The van der Waals surface area contributed by atoms with Gasteiger partial charge in [0.2, 0.25) is 0 Å². The van der Waals surface area contributed by atoms with E-state index in [4.69, 9.17) is 9.47 Å². The van der Waals surface area contributed by atoms with Crippen LogP contribution in [0.5, 0.6) is 5.75 Å². The standard InChI is InChI=1S/C18H27NO3/c1-4-19-11-7-10-18(14-19,17(20)22-5-2)13-15-8-6-9-16(12-15)21-3/h6,8-9,12H,4-5,7,10-11,13-14H2,1-3H3. The molecule has 1 aromatic rings. The SMILES string of the molecule is CCOC(=O)C1(Cc2cccc(OC)c2)CCCN(CC)C1. The third-order valence-electron chi connectivity index (χ3n) is 4.49. The molecule has 122 valence electrons. The van der Waals surface area contributed by atoms with Crippen molar-refractivity contribution in [3.63, 3.8) is 0 Å². The van der Waals surface area contributed by atoms with Gasteiger partial charge in [-0.15, -0.1) is 0 Å². The molecule has 1 aromatic carbocycles. The highest BCUT2D eigenvalue weighted by molar-refractivity contribution is 5.77. The summed E-state index contributed by atoms with van der Waals surface area (Å²) in [5.41, 5.74) is 0.696. The molecule has 4 heteroatoms. The van der Waals surface area contributed by atoms with Crippen molar-refractivity contribution in [3.8, 4) is 5.75 Å². The van der Waals surface area contributed by atoms with Crippen molar-refractivity contribution < 1.29 is 14.3 Å². The quantitative estimate of drug-likeness (QED) is 0.758. The Labute approximate surface area is 133 Å². The molecule has 1 unspecified atom stereocenters. The van der Waals surface area contributed by atoms with E-state index in [2.05, 4.69) is 17.9 Å². The number of nitrogens with zero attached hydrogens (tertiary/aromatic N) is 1. The van der Waals surface area contributed by atoms with Gasteiger partial charge in [-0.1, -0.05) is 19.1 Å². The highest BCUT2D eigenvalue weighted by atomic mass is 16.5. The zero-order chi connectivity index (χ0) is 16.0. The predicted molar refractivity (Wildman–Crippen MR) is 87.1 cm³/mol. The van der Waals surface area contributed by atoms with Gasteiger partial charge in [-0.3, -0.25) is 4.79 Å². The van der Waals surface area contributed by atoms with Crippen LogP contribution in [0, 0.1) is 5.41 Å². The third-order valence-corrected chi connectivity index (χ3v) is 4.49. The van der Waals surface area contributed by atoms with Gasteiger partial charge in [0, 0.05) is 6.54 Å². The maximum absolute atomic E-state index is 12.7. The molecule has 0 spiro atoms. The van der Waals surface area contributed by atoms with Gasteiger partial charge in [-0.25, -0.2) is 0 Å². The maximum atomic E-state index is 12.7. The smallest absolute Gasteiger partial charge is 0.313 e. The van der Waals surface area contributed by atoms with Crippen LogP contribution in [-0.4, -0.2) is 44.2 Å². The Balaban J connectivity index is 2.25. The average Bonchev–Trinajstić information content (AvgIpc) is 2.55. The van der Waals surface area contributed by atoms with Crippen molar-refractivity contribution in [2.24, 2.45) is 5.41 Å². The van der Waals surface area contributed by atoms with Crippen molar-refractivity contribution in [3.05, 3.63) is 29.8 Å². The lowest BCUT2D eigenvalue weighted by atomic mass is 9.75. The van der Waals surface area contributed by atoms with E-state index >= 15 is 0 Å². The average molecular weight is 305 g/mol.